The predicted molar refractivity (Wildman–Crippen MR) is 70.7 cm³/mol. The van der Waals surface area contributed by atoms with Gasteiger partial charge >= 0.3 is 0 Å². The molecule has 0 saturated carbocycles. The summed E-state index contributed by atoms with van der Waals surface area (Å²) in [5.74, 6) is 1.37. The topological polar surface area (TPSA) is 15.3 Å². The molecule has 0 bridgehead atoms. The summed E-state index contributed by atoms with van der Waals surface area (Å²) in [6, 6.07) is 0.631. The summed E-state index contributed by atoms with van der Waals surface area (Å²) in [5, 5.41) is 4.54. The number of hydrogen-bond acceptors (Lipinski definition) is 3. The SMILES string of the molecule is CCN(CC)CC(C)NCC1CCCS1. The predicted octanol–water partition coefficient (Wildman–Crippen LogP) is 2.20. The highest BCUT2D eigenvalue weighted by Crippen LogP contribution is 2.25. The Morgan fingerprint density at radius 1 is 1.40 bits per heavy atom. The zero-order valence-electron chi connectivity index (χ0n) is 10.5. The van der Waals surface area contributed by atoms with E-state index in [9.17, 15) is 0 Å². The van der Waals surface area contributed by atoms with E-state index in [1.54, 1.807) is 0 Å². The van der Waals surface area contributed by atoms with Crippen LogP contribution in [0.15, 0.2) is 0 Å². The number of nitrogens with one attached hydrogen (secondary N) is 1. The number of likely N-dealkylation sites (N-methyl/N-ethyl adjacent to an activating group) is 1. The third kappa shape index (κ3) is 5.23. The number of nitrogens with zero attached hydrogens (tertiary/aromatic N) is 1. The van der Waals surface area contributed by atoms with Crippen LogP contribution in [-0.2, 0) is 0 Å². The standard InChI is InChI=1S/C12H26N2S/c1-4-14(5-2)10-11(3)13-9-12-7-6-8-15-12/h11-13H,4-10H2,1-3H3. The van der Waals surface area contributed by atoms with E-state index in [1.165, 1.54) is 44.8 Å². The Bertz CT molecular complexity index is 154. The molecule has 1 fully saturated rings. The molecule has 0 radical (unpaired) electrons. The fourth-order valence-electron chi connectivity index (χ4n) is 2.07. The van der Waals surface area contributed by atoms with Gasteiger partial charge in [-0.15, -0.1) is 0 Å². The first-order valence-corrected chi connectivity index (χ1v) is 7.38. The average molecular weight is 230 g/mol. The first-order valence-electron chi connectivity index (χ1n) is 6.33. The van der Waals surface area contributed by atoms with Gasteiger partial charge in [0.15, 0.2) is 0 Å². The molecule has 0 spiro atoms. The minimum Gasteiger partial charge on any atom is -0.312 e. The molecular weight excluding hydrogens is 204 g/mol. The van der Waals surface area contributed by atoms with E-state index in [-0.39, 0.29) is 0 Å². The number of rotatable bonds is 7. The van der Waals surface area contributed by atoms with E-state index >= 15 is 0 Å². The summed E-state index contributed by atoms with van der Waals surface area (Å²) in [6.07, 6.45) is 2.83. The van der Waals surface area contributed by atoms with Gasteiger partial charge in [-0.25, -0.2) is 0 Å². The molecule has 0 aromatic rings. The highest BCUT2D eigenvalue weighted by molar-refractivity contribution is 8.00. The molecular formula is C12H26N2S. The maximum atomic E-state index is 3.66. The lowest BCUT2D eigenvalue weighted by Gasteiger charge is -2.24. The maximum absolute atomic E-state index is 3.66. The largest absolute Gasteiger partial charge is 0.312 e. The van der Waals surface area contributed by atoms with Crippen LogP contribution in [0.25, 0.3) is 0 Å². The van der Waals surface area contributed by atoms with Crippen molar-refractivity contribution in [2.45, 2.75) is 44.9 Å². The third-order valence-corrected chi connectivity index (χ3v) is 4.54. The van der Waals surface area contributed by atoms with Gasteiger partial charge in [0.25, 0.3) is 0 Å². The van der Waals surface area contributed by atoms with Crippen molar-refractivity contribution >= 4 is 11.8 Å². The molecule has 0 amide bonds. The smallest absolute Gasteiger partial charge is 0.0172 e. The molecule has 1 N–H and O–H groups in total. The fourth-order valence-corrected chi connectivity index (χ4v) is 3.29. The van der Waals surface area contributed by atoms with Crippen LogP contribution in [-0.4, -0.2) is 48.1 Å². The Kier molecular flexibility index (Phi) is 6.69. The first-order chi connectivity index (χ1) is 7.26. The molecule has 15 heavy (non-hydrogen) atoms. The second kappa shape index (κ2) is 7.53. The Morgan fingerprint density at radius 3 is 2.67 bits per heavy atom. The van der Waals surface area contributed by atoms with Gasteiger partial charge in [-0.1, -0.05) is 13.8 Å². The van der Waals surface area contributed by atoms with Crippen LogP contribution in [0.3, 0.4) is 0 Å². The van der Waals surface area contributed by atoms with E-state index < -0.39 is 0 Å². The van der Waals surface area contributed by atoms with Gasteiger partial charge in [0.05, 0.1) is 0 Å². The van der Waals surface area contributed by atoms with Crippen LogP contribution in [0.1, 0.15) is 33.6 Å². The van der Waals surface area contributed by atoms with Gasteiger partial charge < -0.3 is 10.2 Å². The van der Waals surface area contributed by atoms with Gasteiger partial charge in [-0.05, 0) is 38.6 Å². The second-order valence-corrected chi connectivity index (χ2v) is 5.84. The van der Waals surface area contributed by atoms with E-state index in [0.29, 0.717) is 6.04 Å². The molecule has 2 nitrogen and oxygen atoms in total. The quantitative estimate of drug-likeness (QED) is 0.722. The van der Waals surface area contributed by atoms with Crippen molar-refractivity contribution in [3.8, 4) is 0 Å². The number of hydrogen-bond donors (Lipinski definition) is 1. The van der Waals surface area contributed by atoms with Crippen LogP contribution in [0.2, 0.25) is 0 Å². The lowest BCUT2D eigenvalue weighted by molar-refractivity contribution is 0.271. The van der Waals surface area contributed by atoms with Gasteiger partial charge in [-0.2, -0.15) is 11.8 Å². The minimum atomic E-state index is 0.631. The molecule has 1 aliphatic rings. The van der Waals surface area contributed by atoms with Crippen LogP contribution in [0.4, 0.5) is 0 Å². The van der Waals surface area contributed by atoms with E-state index in [2.05, 4.69) is 42.7 Å². The van der Waals surface area contributed by atoms with Gasteiger partial charge in [-0.3, -0.25) is 0 Å². The minimum absolute atomic E-state index is 0.631. The Morgan fingerprint density at radius 2 is 2.13 bits per heavy atom. The molecule has 3 heteroatoms. The van der Waals surface area contributed by atoms with Crippen molar-refractivity contribution in [1.29, 1.82) is 0 Å². The van der Waals surface area contributed by atoms with Crippen LogP contribution < -0.4 is 5.32 Å². The highest BCUT2D eigenvalue weighted by Gasteiger charge is 2.16. The normalized spacial score (nSPS) is 23.6. The molecule has 0 aromatic heterocycles. The zero-order valence-corrected chi connectivity index (χ0v) is 11.3. The molecule has 2 unspecified atom stereocenters. The van der Waals surface area contributed by atoms with E-state index in [1.807, 2.05) is 0 Å². The van der Waals surface area contributed by atoms with E-state index in [0.717, 1.165) is 5.25 Å². The molecule has 1 heterocycles. The van der Waals surface area contributed by atoms with Crippen molar-refractivity contribution in [3.63, 3.8) is 0 Å². The highest BCUT2D eigenvalue weighted by atomic mass is 32.2. The first kappa shape index (κ1) is 13.3. The maximum Gasteiger partial charge on any atom is 0.0172 e. The fraction of sp³-hybridized carbons (Fsp3) is 1.00. The number of thioether (sulfide) groups is 1. The van der Waals surface area contributed by atoms with Gasteiger partial charge in [0.1, 0.15) is 0 Å². The molecule has 1 aliphatic heterocycles. The molecule has 1 rings (SSSR count). The molecule has 0 aliphatic carbocycles. The van der Waals surface area contributed by atoms with Crippen molar-refractivity contribution in [1.82, 2.24) is 10.2 Å². The van der Waals surface area contributed by atoms with Crippen LogP contribution in [0.5, 0.6) is 0 Å². The average Bonchev–Trinajstić information content (AvgIpc) is 2.75. The Hall–Kier alpha value is 0.270. The summed E-state index contributed by atoms with van der Waals surface area (Å²) in [7, 11) is 0. The third-order valence-electron chi connectivity index (χ3n) is 3.14. The molecule has 2 atom stereocenters. The summed E-state index contributed by atoms with van der Waals surface area (Å²) >= 11 is 2.14. The molecule has 1 saturated heterocycles. The summed E-state index contributed by atoms with van der Waals surface area (Å²) in [5.41, 5.74) is 0. The van der Waals surface area contributed by atoms with Crippen molar-refractivity contribution < 1.29 is 0 Å². The van der Waals surface area contributed by atoms with Crippen molar-refractivity contribution in [3.05, 3.63) is 0 Å². The monoisotopic (exact) mass is 230 g/mol. The van der Waals surface area contributed by atoms with Crippen molar-refractivity contribution in [2.75, 3.05) is 31.9 Å². The Labute approximate surface area is 99.2 Å². The Balaban J connectivity index is 2.08. The second-order valence-electron chi connectivity index (χ2n) is 4.43. The summed E-state index contributed by atoms with van der Waals surface area (Å²) < 4.78 is 0. The zero-order chi connectivity index (χ0) is 11.1. The lowest BCUT2D eigenvalue weighted by atomic mass is 10.2. The van der Waals surface area contributed by atoms with Crippen molar-refractivity contribution in [2.24, 2.45) is 0 Å². The van der Waals surface area contributed by atoms with Crippen LogP contribution in [0, 0.1) is 0 Å². The lowest BCUT2D eigenvalue weighted by Crippen LogP contribution is -2.41. The van der Waals surface area contributed by atoms with Gasteiger partial charge in [0.2, 0.25) is 0 Å². The molecule has 90 valence electrons. The van der Waals surface area contributed by atoms with E-state index in [4.69, 9.17) is 0 Å². The van der Waals surface area contributed by atoms with Crippen LogP contribution >= 0.6 is 11.8 Å². The summed E-state index contributed by atoms with van der Waals surface area (Å²) in [4.78, 5) is 2.49. The summed E-state index contributed by atoms with van der Waals surface area (Å²) in [6.45, 7) is 11.5. The van der Waals surface area contributed by atoms with Gasteiger partial charge in [0, 0.05) is 24.4 Å². The molecule has 0 aromatic carbocycles.